The van der Waals surface area contributed by atoms with Gasteiger partial charge in [-0.25, -0.2) is 9.59 Å². The number of ether oxygens (including phenoxy) is 2. The predicted octanol–water partition coefficient (Wildman–Crippen LogP) is 5.81. The quantitative estimate of drug-likeness (QED) is 0.220. The van der Waals surface area contributed by atoms with Crippen molar-refractivity contribution in [1.29, 1.82) is 0 Å². The maximum atomic E-state index is 12.8. The van der Waals surface area contributed by atoms with E-state index in [1.54, 1.807) is 20.8 Å². The minimum atomic E-state index is -0.845. The topological polar surface area (TPSA) is 124 Å². The molecule has 1 aliphatic rings. The van der Waals surface area contributed by atoms with Gasteiger partial charge in [0.25, 0.3) is 0 Å². The number of rotatable bonds is 6. The minimum absolute atomic E-state index is 0. The van der Waals surface area contributed by atoms with Gasteiger partial charge in [0, 0.05) is 29.7 Å². The van der Waals surface area contributed by atoms with Crippen molar-refractivity contribution >= 4 is 12.1 Å². The van der Waals surface area contributed by atoms with E-state index >= 15 is 0 Å². The second-order valence-corrected chi connectivity index (χ2v) is 9.25. The van der Waals surface area contributed by atoms with Crippen LogP contribution in [0.25, 0.3) is 11.1 Å². The molecule has 0 bridgehead atoms. The zero-order valence-electron chi connectivity index (χ0n) is 23.3. The van der Waals surface area contributed by atoms with Gasteiger partial charge in [0.15, 0.2) is 0 Å². The number of hydrogen-bond acceptors (Lipinski definition) is 4. The molecular weight excluding hydrogens is 562 g/mol. The van der Waals surface area contributed by atoms with E-state index < -0.39 is 23.7 Å². The number of nitrogens with one attached hydrogen (secondary N) is 1. The van der Waals surface area contributed by atoms with Crippen LogP contribution in [-0.2, 0) is 52.0 Å². The van der Waals surface area contributed by atoms with Crippen LogP contribution in [0.2, 0.25) is 0 Å². The molecule has 0 saturated carbocycles. The van der Waals surface area contributed by atoms with Gasteiger partial charge in [0.2, 0.25) is 0 Å². The molecule has 0 aliphatic heterocycles. The van der Waals surface area contributed by atoms with Crippen molar-refractivity contribution in [3.8, 4) is 11.1 Å². The van der Waals surface area contributed by atoms with Gasteiger partial charge in [0.1, 0.15) is 18.2 Å². The molecule has 4 rings (SSSR count). The van der Waals surface area contributed by atoms with Crippen molar-refractivity contribution in [3.05, 3.63) is 123 Å². The number of carbonyl (C=O) groups excluding carboxylic acids is 2. The van der Waals surface area contributed by atoms with Crippen molar-refractivity contribution in [2.24, 2.45) is 0 Å². The second kappa shape index (κ2) is 20.1. The Morgan fingerprint density at radius 3 is 1.71 bits per heavy atom. The number of fused-ring (bicyclic) bond motifs is 3. The number of carbonyl (C=O) groups is 2. The third kappa shape index (κ3) is 11.7. The van der Waals surface area contributed by atoms with Crippen molar-refractivity contribution in [3.63, 3.8) is 0 Å². The third-order valence-electron chi connectivity index (χ3n) is 5.61. The Balaban J connectivity index is 0. The number of alkyl carbamates (subject to hydrolysis) is 1. The molecule has 1 N–H and O–H groups in total. The van der Waals surface area contributed by atoms with Gasteiger partial charge in [-0.1, -0.05) is 78.9 Å². The maximum Gasteiger partial charge on any atom is 0 e. The smallest absolute Gasteiger partial charge is 0 e. The molecule has 0 unspecified atom stereocenters. The van der Waals surface area contributed by atoms with Crippen LogP contribution < -0.4 is 5.32 Å². The van der Waals surface area contributed by atoms with Crippen LogP contribution in [0, 0.1) is 27.4 Å². The van der Waals surface area contributed by atoms with E-state index in [2.05, 4.69) is 49.5 Å². The average molecular weight is 595 g/mol. The molecule has 0 radical (unpaired) electrons. The Bertz CT molecular complexity index is 1220. The molecule has 41 heavy (non-hydrogen) atoms. The van der Waals surface area contributed by atoms with E-state index in [1.807, 2.05) is 54.6 Å². The van der Waals surface area contributed by atoms with Crippen LogP contribution in [0.3, 0.4) is 0 Å². The van der Waals surface area contributed by atoms with Crippen LogP contribution in [-0.4, -0.2) is 30.3 Å². The van der Waals surface area contributed by atoms with Crippen LogP contribution in [0.15, 0.2) is 78.9 Å². The van der Waals surface area contributed by atoms with Crippen molar-refractivity contribution in [2.45, 2.75) is 44.8 Å². The summed E-state index contributed by atoms with van der Waals surface area (Å²) in [5, 5.41) is 2.72. The van der Waals surface area contributed by atoms with E-state index in [0.717, 1.165) is 27.8 Å². The summed E-state index contributed by atoms with van der Waals surface area (Å²) >= 11 is 0. The van der Waals surface area contributed by atoms with Crippen LogP contribution in [0.5, 0.6) is 0 Å². The molecule has 0 fully saturated rings. The van der Waals surface area contributed by atoms with Gasteiger partial charge in [-0.05, 0) is 48.6 Å². The summed E-state index contributed by atoms with van der Waals surface area (Å²) in [4.78, 5) is 25.5. The van der Waals surface area contributed by atoms with Crippen molar-refractivity contribution in [2.75, 3.05) is 6.61 Å². The molecule has 1 amide bonds. The zero-order chi connectivity index (χ0) is 29.4. The SMILES string of the molecule is CC(C)(C)OC(=O)[C@H](Cc1ccccc1)NC(=O)OCC1c2ccccc2-c2ccccc21.[C-]#[O+].[C-]#[O+].[C-]#[O+].[CH3-].[Cr]. The number of amides is 1. The first-order valence-corrected chi connectivity index (χ1v) is 11.8. The summed E-state index contributed by atoms with van der Waals surface area (Å²) in [6, 6.07) is 25.0. The summed E-state index contributed by atoms with van der Waals surface area (Å²) in [6.45, 7) is 19.1. The van der Waals surface area contributed by atoms with Crippen LogP contribution >= 0.6 is 0 Å². The fourth-order valence-electron chi connectivity index (χ4n) is 4.20. The molecular formula is C32H32CrNO7-. The summed E-state index contributed by atoms with van der Waals surface area (Å²) < 4.78 is 33.7. The van der Waals surface area contributed by atoms with E-state index in [-0.39, 0.29) is 37.3 Å². The Hall–Kier alpha value is -3.85. The van der Waals surface area contributed by atoms with Gasteiger partial charge in [0.05, 0.1) is 0 Å². The number of hydrogen-bond donors (Lipinski definition) is 1. The molecule has 0 spiro atoms. The van der Waals surface area contributed by atoms with Gasteiger partial charge in [-0.3, -0.25) is 0 Å². The molecule has 214 valence electrons. The fourth-order valence-corrected chi connectivity index (χ4v) is 4.20. The standard InChI is InChI=1S/C28H29NO4.3CO.CH3.Cr/c1-28(2,3)33-26(30)25(17-19-11-5-4-6-12-19)29-27(31)32-18-24-22-15-9-7-13-20(22)21-14-8-10-16-23(21)24;3*1-2;;/h4-16,24-25H,17-18H2,1-3H3,(H,29,31);;;;1H3;/q;;;;-1;/t25-;;;;;/m0...../s1. The summed E-state index contributed by atoms with van der Waals surface area (Å²) in [6.07, 6.45) is -0.316. The molecule has 1 atom stereocenters. The zero-order valence-corrected chi connectivity index (χ0v) is 24.6. The van der Waals surface area contributed by atoms with E-state index in [9.17, 15) is 9.59 Å². The Kier molecular flexibility index (Phi) is 19.3. The van der Waals surface area contributed by atoms with Gasteiger partial charge in [-0.2, -0.15) is 0 Å². The first-order chi connectivity index (χ1) is 18.8. The summed E-state index contributed by atoms with van der Waals surface area (Å²) in [5.74, 6) is -0.530. The molecule has 3 aromatic carbocycles. The first-order valence-electron chi connectivity index (χ1n) is 11.8. The molecule has 0 saturated heterocycles. The van der Waals surface area contributed by atoms with Gasteiger partial charge < -0.3 is 22.2 Å². The van der Waals surface area contributed by atoms with Gasteiger partial charge in [-0.15, -0.1) is 0 Å². The Morgan fingerprint density at radius 2 is 1.24 bits per heavy atom. The molecule has 8 nitrogen and oxygen atoms in total. The van der Waals surface area contributed by atoms with Crippen molar-refractivity contribution in [1.82, 2.24) is 5.32 Å². The molecule has 1 aliphatic carbocycles. The number of benzene rings is 3. The molecule has 9 heteroatoms. The van der Waals surface area contributed by atoms with Crippen LogP contribution in [0.1, 0.15) is 43.4 Å². The molecule has 0 aromatic heterocycles. The average Bonchev–Trinajstić information content (AvgIpc) is 3.28. The normalized spacial score (nSPS) is 11.0. The first kappa shape index (κ1) is 39.3. The monoisotopic (exact) mass is 594 g/mol. The minimum Gasteiger partial charge on any atom is -0.358 e. The molecule has 0 heterocycles. The van der Waals surface area contributed by atoms with E-state index in [1.165, 1.54) is 0 Å². The van der Waals surface area contributed by atoms with E-state index in [0.29, 0.717) is 6.42 Å². The largest absolute Gasteiger partial charge is 0.358 e. The van der Waals surface area contributed by atoms with E-state index in [4.69, 9.17) is 23.4 Å². The summed E-state index contributed by atoms with van der Waals surface area (Å²) in [5.41, 5.74) is 4.87. The van der Waals surface area contributed by atoms with Gasteiger partial charge >= 0.3 is 46.0 Å². The molecule has 3 aromatic rings. The predicted molar refractivity (Wildman–Crippen MR) is 146 cm³/mol. The summed E-state index contributed by atoms with van der Waals surface area (Å²) in [7, 11) is 0. The second-order valence-electron chi connectivity index (χ2n) is 9.25. The van der Waals surface area contributed by atoms with Crippen LogP contribution in [0.4, 0.5) is 4.79 Å². The maximum absolute atomic E-state index is 12.8. The third-order valence-corrected chi connectivity index (χ3v) is 5.61. The Morgan fingerprint density at radius 1 is 0.805 bits per heavy atom. The fraction of sp³-hybridized carbons (Fsp3) is 0.250. The number of esters is 1. The Labute approximate surface area is 252 Å². The van der Waals surface area contributed by atoms with Crippen molar-refractivity contribution < 1.29 is 50.4 Å².